The minimum absolute atomic E-state index is 0.161. The van der Waals surface area contributed by atoms with Crippen LogP contribution >= 0.6 is 0 Å². The summed E-state index contributed by atoms with van der Waals surface area (Å²) in [5.74, 6) is -1.14. The predicted octanol–water partition coefficient (Wildman–Crippen LogP) is 1.42. The smallest absolute Gasteiger partial charge is 0.331 e. The van der Waals surface area contributed by atoms with Crippen LogP contribution in [0.4, 0.5) is 0 Å². The lowest BCUT2D eigenvalue weighted by atomic mass is 9.82. The van der Waals surface area contributed by atoms with Gasteiger partial charge in [-0.05, 0) is 20.8 Å². The molecule has 1 atom stereocenters. The first-order valence-electron chi connectivity index (χ1n) is 6.93. The van der Waals surface area contributed by atoms with Gasteiger partial charge in [0.25, 0.3) is 0 Å². The van der Waals surface area contributed by atoms with Crippen molar-refractivity contribution < 1.29 is 28.6 Å². The Morgan fingerprint density at radius 2 is 2.10 bits per heavy atom. The molecule has 0 aromatic carbocycles. The molecule has 1 rings (SSSR count). The lowest BCUT2D eigenvalue weighted by Crippen LogP contribution is -2.40. The predicted molar refractivity (Wildman–Crippen MR) is 74.5 cm³/mol. The molecule has 0 amide bonds. The molecule has 1 aliphatic rings. The number of carbonyl (C=O) groups excluding carboxylic acids is 3. The van der Waals surface area contributed by atoms with E-state index in [1.165, 1.54) is 13.2 Å². The molecule has 0 radical (unpaired) electrons. The largest absolute Gasteiger partial charge is 0.469 e. The fourth-order valence-corrected chi connectivity index (χ4v) is 2.15. The summed E-state index contributed by atoms with van der Waals surface area (Å²) in [5, 5.41) is 0. The number of hydrogen-bond acceptors (Lipinski definition) is 6. The van der Waals surface area contributed by atoms with Crippen molar-refractivity contribution in [3.63, 3.8) is 0 Å². The summed E-state index contributed by atoms with van der Waals surface area (Å²) in [6.45, 7) is 5.54. The van der Waals surface area contributed by atoms with Gasteiger partial charge in [0.1, 0.15) is 0 Å². The Morgan fingerprint density at radius 3 is 2.67 bits per heavy atom. The second kappa shape index (κ2) is 7.36. The van der Waals surface area contributed by atoms with Crippen molar-refractivity contribution in [1.82, 2.24) is 0 Å². The molecule has 6 nitrogen and oxygen atoms in total. The normalized spacial score (nSPS) is 21.8. The van der Waals surface area contributed by atoms with Gasteiger partial charge in [-0.15, -0.1) is 0 Å². The zero-order valence-electron chi connectivity index (χ0n) is 12.9. The molecule has 118 valence electrons. The van der Waals surface area contributed by atoms with Gasteiger partial charge in [-0.2, -0.15) is 0 Å². The molecule has 0 unspecified atom stereocenters. The van der Waals surface area contributed by atoms with Gasteiger partial charge in [-0.1, -0.05) is 0 Å². The van der Waals surface area contributed by atoms with E-state index in [1.54, 1.807) is 20.8 Å². The fraction of sp³-hybridized carbons (Fsp3) is 0.667. The monoisotopic (exact) mass is 298 g/mol. The van der Waals surface area contributed by atoms with E-state index in [-0.39, 0.29) is 31.8 Å². The second-order valence-corrected chi connectivity index (χ2v) is 5.37. The van der Waals surface area contributed by atoms with Crippen molar-refractivity contribution in [2.45, 2.75) is 39.7 Å². The molecule has 0 bridgehead atoms. The highest BCUT2D eigenvalue weighted by molar-refractivity contribution is 6.01. The topological polar surface area (TPSA) is 78.9 Å². The quantitative estimate of drug-likeness (QED) is 0.577. The summed E-state index contributed by atoms with van der Waals surface area (Å²) in [7, 11) is 1.31. The van der Waals surface area contributed by atoms with E-state index in [1.807, 2.05) is 0 Å². The van der Waals surface area contributed by atoms with E-state index in [9.17, 15) is 14.4 Å². The molecule has 0 aromatic rings. The second-order valence-electron chi connectivity index (χ2n) is 5.37. The van der Waals surface area contributed by atoms with Gasteiger partial charge in [0.05, 0.1) is 31.8 Å². The third-order valence-electron chi connectivity index (χ3n) is 3.51. The lowest BCUT2D eigenvalue weighted by molar-refractivity contribution is -0.159. The summed E-state index contributed by atoms with van der Waals surface area (Å²) in [6.07, 6.45) is 1.02. The van der Waals surface area contributed by atoms with Gasteiger partial charge in [-0.3, -0.25) is 9.59 Å². The van der Waals surface area contributed by atoms with Crippen LogP contribution in [0.5, 0.6) is 0 Å². The average Bonchev–Trinajstić information content (AvgIpc) is 2.61. The number of ketones is 1. The summed E-state index contributed by atoms with van der Waals surface area (Å²) in [6, 6.07) is 0. The summed E-state index contributed by atoms with van der Waals surface area (Å²) in [4.78, 5) is 35.4. The van der Waals surface area contributed by atoms with Crippen molar-refractivity contribution in [1.29, 1.82) is 0 Å². The van der Waals surface area contributed by atoms with Crippen LogP contribution in [-0.4, -0.2) is 44.1 Å². The van der Waals surface area contributed by atoms with Gasteiger partial charge in [0.2, 0.25) is 0 Å². The molecule has 0 aromatic heterocycles. The van der Waals surface area contributed by atoms with E-state index >= 15 is 0 Å². The van der Waals surface area contributed by atoms with Crippen LogP contribution in [0.3, 0.4) is 0 Å². The van der Waals surface area contributed by atoms with Crippen LogP contribution in [-0.2, 0) is 28.6 Å². The highest BCUT2D eigenvalue weighted by Gasteiger charge is 2.41. The Morgan fingerprint density at radius 1 is 1.43 bits per heavy atom. The number of Topliss-reactive ketones (excluding diaryl/α,β-unsaturated/α-hetero) is 1. The van der Waals surface area contributed by atoms with Gasteiger partial charge < -0.3 is 14.2 Å². The van der Waals surface area contributed by atoms with Gasteiger partial charge in [0.15, 0.2) is 5.78 Å². The SMILES string of the molecule is CCOC(=O)/C=C1/C[C@@H](C(C)(C)C(=O)OC)OCCC1=O. The molecule has 1 heterocycles. The molecule has 21 heavy (non-hydrogen) atoms. The highest BCUT2D eigenvalue weighted by atomic mass is 16.5. The van der Waals surface area contributed by atoms with Crippen LogP contribution in [0, 0.1) is 5.41 Å². The van der Waals surface area contributed by atoms with Crippen molar-refractivity contribution >= 4 is 17.7 Å². The molecule has 1 fully saturated rings. The number of rotatable bonds is 4. The van der Waals surface area contributed by atoms with E-state index in [0.29, 0.717) is 5.57 Å². The number of esters is 2. The Hall–Kier alpha value is -1.69. The maximum Gasteiger partial charge on any atom is 0.331 e. The Kier molecular flexibility index (Phi) is 6.08. The fourth-order valence-electron chi connectivity index (χ4n) is 2.15. The maximum absolute atomic E-state index is 12.0. The molecule has 1 aliphatic heterocycles. The van der Waals surface area contributed by atoms with Crippen LogP contribution < -0.4 is 0 Å². The zero-order valence-corrected chi connectivity index (χ0v) is 12.9. The first kappa shape index (κ1) is 17.4. The summed E-state index contributed by atoms with van der Waals surface area (Å²) in [5.41, 5.74) is -0.583. The maximum atomic E-state index is 12.0. The highest BCUT2D eigenvalue weighted by Crippen LogP contribution is 2.32. The number of methoxy groups -OCH3 is 1. The summed E-state index contributed by atoms with van der Waals surface area (Å²) < 4.78 is 15.2. The lowest BCUT2D eigenvalue weighted by Gasteiger charge is -2.30. The van der Waals surface area contributed by atoms with Crippen molar-refractivity contribution in [2.75, 3.05) is 20.3 Å². The molecular weight excluding hydrogens is 276 g/mol. The first-order chi connectivity index (χ1) is 9.82. The van der Waals surface area contributed by atoms with Crippen molar-refractivity contribution in [2.24, 2.45) is 5.41 Å². The Bertz CT molecular complexity index is 449. The van der Waals surface area contributed by atoms with E-state index < -0.39 is 23.5 Å². The summed E-state index contributed by atoms with van der Waals surface area (Å²) >= 11 is 0. The Labute approximate surface area is 124 Å². The third-order valence-corrected chi connectivity index (χ3v) is 3.51. The van der Waals surface area contributed by atoms with Crippen LogP contribution in [0.1, 0.15) is 33.6 Å². The number of ether oxygens (including phenoxy) is 3. The molecule has 1 saturated heterocycles. The molecule has 0 spiro atoms. The number of hydrogen-bond donors (Lipinski definition) is 0. The minimum Gasteiger partial charge on any atom is -0.469 e. The van der Waals surface area contributed by atoms with E-state index in [0.717, 1.165) is 0 Å². The van der Waals surface area contributed by atoms with Crippen LogP contribution in [0.2, 0.25) is 0 Å². The van der Waals surface area contributed by atoms with Gasteiger partial charge in [-0.25, -0.2) is 4.79 Å². The number of carbonyl (C=O) groups is 3. The van der Waals surface area contributed by atoms with Crippen LogP contribution in [0.25, 0.3) is 0 Å². The molecule has 6 heteroatoms. The van der Waals surface area contributed by atoms with Gasteiger partial charge >= 0.3 is 11.9 Å². The standard InChI is InChI=1S/C15H22O6/c1-5-20-13(17)9-10-8-12(21-7-6-11(10)16)15(2,3)14(18)19-4/h9,12H,5-8H2,1-4H3/b10-9-/t12-/m0/s1. The average molecular weight is 298 g/mol. The van der Waals surface area contributed by atoms with E-state index in [2.05, 4.69) is 0 Å². The molecule has 0 N–H and O–H groups in total. The molecule has 0 saturated carbocycles. The first-order valence-corrected chi connectivity index (χ1v) is 6.93. The minimum atomic E-state index is -0.910. The van der Waals surface area contributed by atoms with E-state index in [4.69, 9.17) is 14.2 Å². The zero-order chi connectivity index (χ0) is 16.0. The molecule has 0 aliphatic carbocycles. The Balaban J connectivity index is 2.98. The van der Waals surface area contributed by atoms with Crippen molar-refractivity contribution in [3.05, 3.63) is 11.6 Å². The van der Waals surface area contributed by atoms with Gasteiger partial charge in [0, 0.05) is 24.5 Å². The van der Waals surface area contributed by atoms with Crippen LogP contribution in [0.15, 0.2) is 11.6 Å². The van der Waals surface area contributed by atoms with Crippen molar-refractivity contribution in [3.8, 4) is 0 Å². The molecular formula is C15H22O6. The third kappa shape index (κ3) is 4.39.